The fourth-order valence-corrected chi connectivity index (χ4v) is 2.32. The van der Waals surface area contributed by atoms with Crippen molar-refractivity contribution in [2.45, 2.75) is 4.90 Å². The third kappa shape index (κ3) is 1.20. The first kappa shape index (κ1) is 7.68. The SMILES string of the molecule is O=CN1CCSc2ccccc21. The molecular weight excluding hydrogens is 170 g/mol. The third-order valence-electron chi connectivity index (χ3n) is 1.89. The van der Waals surface area contributed by atoms with Crippen LogP contribution in [0.2, 0.25) is 0 Å². The second kappa shape index (κ2) is 3.19. The quantitative estimate of drug-likeness (QED) is 0.612. The topological polar surface area (TPSA) is 20.3 Å². The van der Waals surface area contributed by atoms with Gasteiger partial charge in [0.15, 0.2) is 0 Å². The summed E-state index contributed by atoms with van der Waals surface area (Å²) in [5.74, 6) is 0.996. The molecule has 3 heteroatoms. The summed E-state index contributed by atoms with van der Waals surface area (Å²) in [6, 6.07) is 7.99. The van der Waals surface area contributed by atoms with Crippen molar-refractivity contribution in [3.05, 3.63) is 24.3 Å². The van der Waals surface area contributed by atoms with Crippen LogP contribution in [0.5, 0.6) is 0 Å². The van der Waals surface area contributed by atoms with E-state index in [4.69, 9.17) is 0 Å². The first-order valence-electron chi connectivity index (χ1n) is 3.85. The molecule has 0 fully saturated rings. The molecule has 0 saturated heterocycles. The van der Waals surface area contributed by atoms with Gasteiger partial charge in [0.2, 0.25) is 6.41 Å². The van der Waals surface area contributed by atoms with Gasteiger partial charge in [0.1, 0.15) is 0 Å². The summed E-state index contributed by atoms with van der Waals surface area (Å²) in [6.07, 6.45) is 0.901. The van der Waals surface area contributed by atoms with Crippen LogP contribution in [0.1, 0.15) is 0 Å². The predicted octanol–water partition coefficient (Wildman–Crippen LogP) is 1.76. The largest absolute Gasteiger partial charge is 0.313 e. The van der Waals surface area contributed by atoms with Crippen molar-refractivity contribution in [2.75, 3.05) is 17.2 Å². The van der Waals surface area contributed by atoms with E-state index in [0.29, 0.717) is 0 Å². The number of rotatable bonds is 1. The molecule has 62 valence electrons. The summed E-state index contributed by atoms with van der Waals surface area (Å²) in [6.45, 7) is 0.825. The Hall–Kier alpha value is -0.960. The third-order valence-corrected chi connectivity index (χ3v) is 2.93. The summed E-state index contributed by atoms with van der Waals surface area (Å²) in [4.78, 5) is 13.6. The van der Waals surface area contributed by atoms with Gasteiger partial charge in [-0.05, 0) is 12.1 Å². The monoisotopic (exact) mass is 179 g/mol. The Kier molecular flexibility index (Phi) is 2.04. The van der Waals surface area contributed by atoms with Gasteiger partial charge < -0.3 is 4.90 Å². The number of amides is 1. The lowest BCUT2D eigenvalue weighted by Crippen LogP contribution is -2.27. The average Bonchev–Trinajstić information content (AvgIpc) is 2.17. The summed E-state index contributed by atoms with van der Waals surface area (Å²) in [7, 11) is 0. The van der Waals surface area contributed by atoms with Crippen LogP contribution >= 0.6 is 11.8 Å². The minimum absolute atomic E-state index is 0.825. The van der Waals surface area contributed by atoms with Crippen LogP contribution in [0.15, 0.2) is 29.2 Å². The van der Waals surface area contributed by atoms with Crippen molar-refractivity contribution in [3.63, 3.8) is 0 Å². The summed E-state index contributed by atoms with van der Waals surface area (Å²) < 4.78 is 0. The number of thioether (sulfide) groups is 1. The molecule has 1 aromatic carbocycles. The van der Waals surface area contributed by atoms with Crippen LogP contribution < -0.4 is 4.90 Å². The maximum absolute atomic E-state index is 10.6. The number of hydrogen-bond acceptors (Lipinski definition) is 2. The van der Waals surface area contributed by atoms with Gasteiger partial charge in [0, 0.05) is 17.2 Å². The first-order chi connectivity index (χ1) is 5.92. The van der Waals surface area contributed by atoms with Crippen molar-refractivity contribution in [1.29, 1.82) is 0 Å². The van der Waals surface area contributed by atoms with Gasteiger partial charge in [-0.1, -0.05) is 12.1 Å². The Bertz CT molecular complexity index is 300. The summed E-state index contributed by atoms with van der Waals surface area (Å²) >= 11 is 1.81. The number of nitrogens with zero attached hydrogens (tertiary/aromatic N) is 1. The normalized spacial score (nSPS) is 15.5. The van der Waals surface area contributed by atoms with Crippen molar-refractivity contribution >= 4 is 23.9 Å². The minimum atomic E-state index is 0.825. The molecule has 0 aliphatic carbocycles. The molecule has 0 spiro atoms. The molecule has 0 radical (unpaired) electrons. The molecule has 0 unspecified atom stereocenters. The highest BCUT2D eigenvalue weighted by Gasteiger charge is 2.14. The molecule has 2 rings (SSSR count). The Labute approximate surface area is 75.6 Å². The van der Waals surface area contributed by atoms with Crippen LogP contribution in [0.4, 0.5) is 5.69 Å². The second-order valence-electron chi connectivity index (χ2n) is 2.61. The van der Waals surface area contributed by atoms with Gasteiger partial charge >= 0.3 is 0 Å². The molecule has 1 aliphatic heterocycles. The van der Waals surface area contributed by atoms with Crippen LogP contribution in [-0.4, -0.2) is 18.7 Å². The van der Waals surface area contributed by atoms with E-state index in [9.17, 15) is 4.79 Å². The lowest BCUT2D eigenvalue weighted by molar-refractivity contribution is -0.107. The van der Waals surface area contributed by atoms with E-state index in [1.165, 1.54) is 4.90 Å². The van der Waals surface area contributed by atoms with E-state index < -0.39 is 0 Å². The molecule has 0 bridgehead atoms. The van der Waals surface area contributed by atoms with Gasteiger partial charge in [-0.3, -0.25) is 4.79 Å². The number of carbonyl (C=O) groups excluding carboxylic acids is 1. The molecule has 0 N–H and O–H groups in total. The van der Waals surface area contributed by atoms with E-state index in [-0.39, 0.29) is 0 Å². The zero-order valence-electron chi connectivity index (χ0n) is 6.56. The molecule has 1 aromatic rings. The van der Waals surface area contributed by atoms with Crippen molar-refractivity contribution in [2.24, 2.45) is 0 Å². The van der Waals surface area contributed by atoms with Crippen molar-refractivity contribution in [1.82, 2.24) is 0 Å². The van der Waals surface area contributed by atoms with E-state index in [1.54, 1.807) is 4.90 Å². The summed E-state index contributed by atoms with van der Waals surface area (Å²) in [5.41, 5.74) is 1.05. The number of benzene rings is 1. The molecule has 0 aromatic heterocycles. The van der Waals surface area contributed by atoms with Gasteiger partial charge in [0.05, 0.1) is 5.69 Å². The molecule has 1 amide bonds. The standard InChI is InChI=1S/C9H9NOS/c11-7-10-5-6-12-9-4-2-1-3-8(9)10/h1-4,7H,5-6H2. The Balaban J connectivity index is 2.43. The molecular formula is C9H9NOS. The zero-order chi connectivity index (χ0) is 8.39. The first-order valence-corrected chi connectivity index (χ1v) is 4.84. The van der Waals surface area contributed by atoms with Crippen LogP contribution in [0, 0.1) is 0 Å². The van der Waals surface area contributed by atoms with Gasteiger partial charge in [-0.2, -0.15) is 0 Å². The fraction of sp³-hybridized carbons (Fsp3) is 0.222. The van der Waals surface area contributed by atoms with Crippen LogP contribution in [-0.2, 0) is 4.79 Å². The fourth-order valence-electron chi connectivity index (χ4n) is 1.30. The van der Waals surface area contributed by atoms with Crippen molar-refractivity contribution < 1.29 is 4.79 Å². The minimum Gasteiger partial charge on any atom is -0.313 e. The highest BCUT2D eigenvalue weighted by atomic mass is 32.2. The summed E-state index contributed by atoms with van der Waals surface area (Å²) in [5, 5.41) is 0. The van der Waals surface area contributed by atoms with Gasteiger partial charge in [0.25, 0.3) is 0 Å². The number of anilines is 1. The maximum Gasteiger partial charge on any atom is 0.214 e. The van der Waals surface area contributed by atoms with E-state index in [1.807, 2.05) is 30.0 Å². The lowest BCUT2D eigenvalue weighted by Gasteiger charge is -2.24. The lowest BCUT2D eigenvalue weighted by atomic mass is 10.3. The Morgan fingerprint density at radius 1 is 1.42 bits per heavy atom. The van der Waals surface area contributed by atoms with E-state index in [2.05, 4.69) is 6.07 Å². The van der Waals surface area contributed by atoms with Crippen molar-refractivity contribution in [3.8, 4) is 0 Å². The Morgan fingerprint density at radius 3 is 3.08 bits per heavy atom. The number of para-hydroxylation sites is 1. The highest BCUT2D eigenvalue weighted by molar-refractivity contribution is 7.99. The van der Waals surface area contributed by atoms with Crippen LogP contribution in [0.25, 0.3) is 0 Å². The Morgan fingerprint density at radius 2 is 2.25 bits per heavy atom. The molecule has 12 heavy (non-hydrogen) atoms. The number of carbonyl (C=O) groups is 1. The zero-order valence-corrected chi connectivity index (χ0v) is 7.38. The second-order valence-corrected chi connectivity index (χ2v) is 3.75. The maximum atomic E-state index is 10.6. The highest BCUT2D eigenvalue weighted by Crippen LogP contribution is 2.33. The number of hydrogen-bond donors (Lipinski definition) is 0. The molecule has 1 heterocycles. The molecule has 1 aliphatic rings. The number of fused-ring (bicyclic) bond motifs is 1. The molecule has 2 nitrogen and oxygen atoms in total. The molecule has 0 saturated carbocycles. The van der Waals surface area contributed by atoms with Crippen LogP contribution in [0.3, 0.4) is 0 Å². The average molecular weight is 179 g/mol. The van der Waals surface area contributed by atoms with Gasteiger partial charge in [-0.15, -0.1) is 11.8 Å². The molecule has 0 atom stereocenters. The van der Waals surface area contributed by atoms with E-state index in [0.717, 1.165) is 24.4 Å². The smallest absolute Gasteiger partial charge is 0.214 e. The van der Waals surface area contributed by atoms with Gasteiger partial charge in [-0.25, -0.2) is 0 Å². The van der Waals surface area contributed by atoms with E-state index >= 15 is 0 Å². The predicted molar refractivity (Wildman–Crippen MR) is 50.6 cm³/mol.